The number of esters is 4. The number of hydrogen-bond donors (Lipinski definition) is 3. The van der Waals surface area contributed by atoms with Crippen molar-refractivity contribution in [2.75, 3.05) is 39.6 Å². The van der Waals surface area contributed by atoms with Crippen LogP contribution in [0.15, 0.2) is 0 Å². The SMILES string of the molecule is CCC(C)CCCCCCCCCCCCCCCCCCCCC(=O)OC[C@H](COP(=O)(O)OC[C@@H](O)COP(=O)(O)OC[C@@H](COC(=O)CCCCCCCCC(C)CC)OC(=O)CCCCCCCCCCCCCCC(C)C)OC(=O)CCCCCCCCCCCCCCCCCC(C)C. The first kappa shape index (κ1) is 103. The van der Waals surface area contributed by atoms with Crippen LogP contribution in [0.1, 0.15) is 447 Å². The molecule has 0 spiro atoms. The number of carbonyl (C=O) groups excluding carboxylic acids is 4. The lowest BCUT2D eigenvalue weighted by atomic mass is 9.99. The van der Waals surface area contributed by atoms with Gasteiger partial charge < -0.3 is 33.8 Å². The minimum atomic E-state index is -4.97. The van der Waals surface area contributed by atoms with Gasteiger partial charge in [-0.3, -0.25) is 37.3 Å². The molecule has 17 nitrogen and oxygen atoms in total. The van der Waals surface area contributed by atoms with Crippen molar-refractivity contribution in [3.63, 3.8) is 0 Å². The maximum absolute atomic E-state index is 13.1. The van der Waals surface area contributed by atoms with E-state index in [9.17, 15) is 43.2 Å². The maximum Gasteiger partial charge on any atom is 0.472 e. The van der Waals surface area contributed by atoms with Crippen LogP contribution in [0.5, 0.6) is 0 Å². The zero-order valence-electron chi connectivity index (χ0n) is 69.4. The fourth-order valence-corrected chi connectivity index (χ4v) is 14.8. The third kappa shape index (κ3) is 77.2. The molecule has 0 amide bonds. The molecule has 0 saturated carbocycles. The van der Waals surface area contributed by atoms with Crippen molar-refractivity contribution in [2.24, 2.45) is 23.7 Å². The van der Waals surface area contributed by atoms with Gasteiger partial charge in [-0.05, 0) is 49.4 Å². The monoisotopic (exact) mass is 1540 g/mol. The van der Waals surface area contributed by atoms with Crippen molar-refractivity contribution in [1.82, 2.24) is 0 Å². The molecular formula is C86H168O17P2. The van der Waals surface area contributed by atoms with E-state index in [4.69, 9.17) is 37.0 Å². The Hall–Kier alpha value is -1.94. The zero-order chi connectivity index (χ0) is 77.4. The van der Waals surface area contributed by atoms with Crippen LogP contribution in [0, 0.1) is 23.7 Å². The van der Waals surface area contributed by atoms with E-state index < -0.39 is 97.5 Å². The summed E-state index contributed by atoms with van der Waals surface area (Å²) < 4.78 is 68.9. The lowest BCUT2D eigenvalue weighted by Crippen LogP contribution is -2.30. The molecule has 0 heterocycles. The number of aliphatic hydroxyl groups excluding tert-OH is 1. The smallest absolute Gasteiger partial charge is 0.462 e. The Labute approximate surface area is 645 Å². The van der Waals surface area contributed by atoms with Gasteiger partial charge >= 0.3 is 39.5 Å². The van der Waals surface area contributed by atoms with Crippen LogP contribution in [0.4, 0.5) is 0 Å². The van der Waals surface area contributed by atoms with Gasteiger partial charge in [0.05, 0.1) is 26.4 Å². The van der Waals surface area contributed by atoms with Gasteiger partial charge in [0.25, 0.3) is 0 Å². The van der Waals surface area contributed by atoms with E-state index >= 15 is 0 Å². The van der Waals surface area contributed by atoms with Crippen LogP contribution < -0.4 is 0 Å². The lowest BCUT2D eigenvalue weighted by molar-refractivity contribution is -0.161. The van der Waals surface area contributed by atoms with E-state index in [-0.39, 0.29) is 25.7 Å². The average Bonchev–Trinajstić information content (AvgIpc) is 0.902. The Kier molecular flexibility index (Phi) is 73.4. The summed E-state index contributed by atoms with van der Waals surface area (Å²) in [6.07, 6.45) is 63.9. The second-order valence-electron chi connectivity index (χ2n) is 32.4. The standard InChI is InChI=1S/C86H168O17P2/c1-9-78(7)64-56-48-40-34-28-21-17-13-11-12-14-18-22-29-35-41-50-58-66-83(88)96-72-81(102-85(90)68-60-52-42-36-30-23-19-15-16-20-26-32-38-46-54-62-76(3)4)74-100-104(92,93)98-70-80(87)71-99-105(94,95)101-75-82(73-97-84(89)67-59-51-45-44-49-57-65-79(8)10-2)103-86(91)69-61-53-43-37-31-25-24-27-33-39-47-55-63-77(5)6/h76-82,87H,9-75H2,1-8H3,(H,92,93)(H,94,95)/t78?,79?,80-,81-,82-/m1/s1. The second kappa shape index (κ2) is 74.8. The Morgan fingerprint density at radius 1 is 0.267 bits per heavy atom. The number of aliphatic hydroxyl groups is 1. The van der Waals surface area contributed by atoms with Gasteiger partial charge in [-0.2, -0.15) is 0 Å². The van der Waals surface area contributed by atoms with Crippen molar-refractivity contribution in [3.8, 4) is 0 Å². The molecular weight excluding hydrogens is 1370 g/mol. The summed E-state index contributed by atoms with van der Waals surface area (Å²) >= 11 is 0. The summed E-state index contributed by atoms with van der Waals surface area (Å²) in [5.41, 5.74) is 0. The maximum atomic E-state index is 13.1. The molecule has 19 heteroatoms. The zero-order valence-corrected chi connectivity index (χ0v) is 71.2. The molecule has 3 N–H and O–H groups in total. The van der Waals surface area contributed by atoms with Gasteiger partial charge in [0.2, 0.25) is 0 Å². The van der Waals surface area contributed by atoms with Gasteiger partial charge in [0.1, 0.15) is 19.3 Å². The van der Waals surface area contributed by atoms with E-state index in [1.807, 2.05) is 0 Å². The van der Waals surface area contributed by atoms with E-state index in [2.05, 4.69) is 55.4 Å². The molecule has 0 aromatic rings. The number of carbonyl (C=O) groups is 4. The molecule has 0 aliphatic carbocycles. The van der Waals surface area contributed by atoms with E-state index in [1.165, 1.54) is 244 Å². The quantitative estimate of drug-likeness (QED) is 0.0222. The minimum absolute atomic E-state index is 0.106. The van der Waals surface area contributed by atoms with Crippen LogP contribution in [-0.4, -0.2) is 96.7 Å². The first-order chi connectivity index (χ1) is 50.7. The summed E-state index contributed by atoms with van der Waals surface area (Å²) in [5, 5.41) is 10.7. The molecule has 7 atom stereocenters. The number of unbranched alkanes of at least 4 members (excludes halogenated alkanes) is 47. The molecule has 0 radical (unpaired) electrons. The third-order valence-corrected chi connectivity index (χ3v) is 22.7. The number of rotatable bonds is 83. The largest absolute Gasteiger partial charge is 0.472 e. The average molecular weight is 1540 g/mol. The van der Waals surface area contributed by atoms with Gasteiger partial charge in [-0.25, -0.2) is 9.13 Å². The summed E-state index contributed by atoms with van der Waals surface area (Å²) in [4.78, 5) is 73.2. The van der Waals surface area contributed by atoms with Crippen LogP contribution in [0.2, 0.25) is 0 Å². The number of phosphoric ester groups is 2. The Morgan fingerprint density at radius 2 is 0.457 bits per heavy atom. The molecule has 0 bridgehead atoms. The molecule has 0 rings (SSSR count). The molecule has 624 valence electrons. The van der Waals surface area contributed by atoms with E-state index in [0.717, 1.165) is 120 Å². The first-order valence-corrected chi connectivity index (χ1v) is 47.3. The van der Waals surface area contributed by atoms with Crippen molar-refractivity contribution in [3.05, 3.63) is 0 Å². The van der Waals surface area contributed by atoms with Crippen molar-refractivity contribution >= 4 is 39.5 Å². The Balaban J connectivity index is 5.22. The van der Waals surface area contributed by atoms with Crippen molar-refractivity contribution in [2.45, 2.75) is 465 Å². The summed E-state index contributed by atoms with van der Waals surface area (Å²) in [5.74, 6) is 1.07. The summed E-state index contributed by atoms with van der Waals surface area (Å²) in [6.45, 7) is 14.3. The molecule has 0 aliphatic heterocycles. The highest BCUT2D eigenvalue weighted by molar-refractivity contribution is 7.47. The van der Waals surface area contributed by atoms with E-state index in [1.54, 1.807) is 0 Å². The highest BCUT2D eigenvalue weighted by Gasteiger charge is 2.31. The lowest BCUT2D eigenvalue weighted by Gasteiger charge is -2.21. The van der Waals surface area contributed by atoms with E-state index in [0.29, 0.717) is 25.7 Å². The van der Waals surface area contributed by atoms with Gasteiger partial charge in [0, 0.05) is 25.7 Å². The topological polar surface area (TPSA) is 237 Å². The number of ether oxygens (including phenoxy) is 4. The first-order valence-electron chi connectivity index (χ1n) is 44.3. The Morgan fingerprint density at radius 3 is 0.676 bits per heavy atom. The van der Waals surface area contributed by atoms with Crippen molar-refractivity contribution in [1.29, 1.82) is 0 Å². The normalized spacial score (nSPS) is 14.4. The van der Waals surface area contributed by atoms with Crippen LogP contribution >= 0.6 is 15.6 Å². The van der Waals surface area contributed by atoms with Crippen LogP contribution in [0.25, 0.3) is 0 Å². The molecule has 0 aromatic carbocycles. The fourth-order valence-electron chi connectivity index (χ4n) is 13.3. The van der Waals surface area contributed by atoms with Crippen LogP contribution in [-0.2, 0) is 65.4 Å². The molecule has 0 fully saturated rings. The highest BCUT2D eigenvalue weighted by atomic mass is 31.2. The van der Waals surface area contributed by atoms with Crippen LogP contribution in [0.3, 0.4) is 0 Å². The molecule has 4 unspecified atom stereocenters. The highest BCUT2D eigenvalue weighted by Crippen LogP contribution is 2.45. The number of hydrogen-bond acceptors (Lipinski definition) is 15. The minimum Gasteiger partial charge on any atom is -0.462 e. The molecule has 0 aliphatic rings. The molecule has 105 heavy (non-hydrogen) atoms. The third-order valence-electron chi connectivity index (χ3n) is 20.8. The Bertz CT molecular complexity index is 2050. The molecule has 0 saturated heterocycles. The van der Waals surface area contributed by atoms with Gasteiger partial charge in [0.15, 0.2) is 12.2 Å². The van der Waals surface area contributed by atoms with Gasteiger partial charge in [-0.15, -0.1) is 0 Å². The molecule has 0 aromatic heterocycles. The van der Waals surface area contributed by atoms with Gasteiger partial charge in [-0.1, -0.05) is 396 Å². The second-order valence-corrected chi connectivity index (χ2v) is 35.3. The summed E-state index contributed by atoms with van der Waals surface area (Å²) in [7, 11) is -9.93. The number of phosphoric acid groups is 2. The van der Waals surface area contributed by atoms with Crippen molar-refractivity contribution < 1.29 is 80.2 Å². The summed E-state index contributed by atoms with van der Waals surface area (Å²) in [6, 6.07) is 0. The predicted molar refractivity (Wildman–Crippen MR) is 432 cm³/mol. The fraction of sp³-hybridized carbons (Fsp3) is 0.953. The predicted octanol–water partition coefficient (Wildman–Crippen LogP) is 25.9.